The second kappa shape index (κ2) is 4.60. The van der Waals surface area contributed by atoms with Gasteiger partial charge >= 0.3 is 0 Å². The van der Waals surface area contributed by atoms with E-state index >= 15 is 0 Å². The Morgan fingerprint density at radius 1 is 1.00 bits per heavy atom. The molecule has 3 heteroatoms. The quantitative estimate of drug-likeness (QED) is 0.838. The van der Waals surface area contributed by atoms with Crippen LogP contribution in [0.5, 0.6) is 0 Å². The Kier molecular flexibility index (Phi) is 2.90. The lowest BCUT2D eigenvalue weighted by Crippen LogP contribution is -2.14. The number of fused-ring (bicyclic) bond motifs is 1. The van der Waals surface area contributed by atoms with Crippen LogP contribution in [0.25, 0.3) is 0 Å². The van der Waals surface area contributed by atoms with E-state index in [4.69, 9.17) is 0 Å². The van der Waals surface area contributed by atoms with Crippen LogP contribution in [0, 0.1) is 20.8 Å². The van der Waals surface area contributed by atoms with Gasteiger partial charge in [-0.2, -0.15) is 0 Å². The molecule has 0 bridgehead atoms. The topological polar surface area (TPSA) is 41.5 Å². The van der Waals surface area contributed by atoms with Crippen molar-refractivity contribution in [1.29, 1.82) is 0 Å². The molecule has 20 heavy (non-hydrogen) atoms. The zero-order valence-corrected chi connectivity index (χ0v) is 11.8. The Labute approximate surface area is 118 Å². The second-order valence-electron chi connectivity index (χ2n) is 5.20. The molecule has 100 valence electrons. The molecular formula is C17H16N2O. The van der Waals surface area contributed by atoms with Crippen LogP contribution >= 0.6 is 0 Å². The molecule has 2 aromatic rings. The number of nitrogens with zero attached hydrogens (tertiary/aromatic N) is 1. The van der Waals surface area contributed by atoms with Crippen molar-refractivity contribution in [3.63, 3.8) is 0 Å². The average molecular weight is 264 g/mol. The molecular weight excluding hydrogens is 248 g/mol. The maximum Gasteiger partial charge on any atom is 0.275 e. The van der Waals surface area contributed by atoms with Crippen LogP contribution in [-0.2, 0) is 4.79 Å². The van der Waals surface area contributed by atoms with Crippen molar-refractivity contribution in [2.45, 2.75) is 20.8 Å². The van der Waals surface area contributed by atoms with E-state index in [0.29, 0.717) is 5.71 Å². The Balaban J connectivity index is 2.18. The van der Waals surface area contributed by atoms with Crippen molar-refractivity contribution >= 4 is 23.0 Å². The van der Waals surface area contributed by atoms with Crippen molar-refractivity contribution in [1.82, 2.24) is 0 Å². The third kappa shape index (κ3) is 2.01. The largest absolute Gasteiger partial charge is 0.320 e. The summed E-state index contributed by atoms with van der Waals surface area (Å²) in [5.74, 6) is -0.131. The Morgan fingerprint density at radius 3 is 2.40 bits per heavy atom. The van der Waals surface area contributed by atoms with Crippen LogP contribution in [0.1, 0.15) is 22.3 Å². The van der Waals surface area contributed by atoms with Crippen molar-refractivity contribution in [3.8, 4) is 0 Å². The molecule has 0 spiro atoms. The van der Waals surface area contributed by atoms with Crippen molar-refractivity contribution in [2.75, 3.05) is 5.32 Å². The van der Waals surface area contributed by atoms with Crippen LogP contribution in [-0.4, -0.2) is 11.6 Å². The molecule has 0 aliphatic carbocycles. The maximum atomic E-state index is 12.1. The Morgan fingerprint density at radius 2 is 1.70 bits per heavy atom. The zero-order valence-electron chi connectivity index (χ0n) is 11.8. The number of aryl methyl sites for hydroxylation is 3. The molecule has 0 fully saturated rings. The minimum absolute atomic E-state index is 0.131. The van der Waals surface area contributed by atoms with Crippen molar-refractivity contribution in [2.24, 2.45) is 4.99 Å². The first-order valence-corrected chi connectivity index (χ1v) is 6.63. The zero-order chi connectivity index (χ0) is 14.3. The normalized spacial score (nSPS) is 15.3. The molecule has 1 aliphatic rings. The molecule has 0 atom stereocenters. The van der Waals surface area contributed by atoms with Crippen molar-refractivity contribution in [3.05, 3.63) is 58.7 Å². The van der Waals surface area contributed by atoms with Gasteiger partial charge in [0.05, 0.1) is 11.4 Å². The molecule has 3 rings (SSSR count). The maximum absolute atomic E-state index is 12.1. The molecule has 3 nitrogen and oxygen atoms in total. The highest BCUT2D eigenvalue weighted by Crippen LogP contribution is 2.29. The molecule has 0 unspecified atom stereocenters. The number of hydrogen-bond donors (Lipinski definition) is 1. The number of hydrogen-bond acceptors (Lipinski definition) is 2. The van der Waals surface area contributed by atoms with Gasteiger partial charge in [-0.3, -0.25) is 4.79 Å². The summed E-state index contributed by atoms with van der Waals surface area (Å²) in [5, 5.41) is 2.86. The lowest BCUT2D eigenvalue weighted by molar-refractivity contribution is -0.110. The summed E-state index contributed by atoms with van der Waals surface area (Å²) >= 11 is 0. The minimum atomic E-state index is -0.131. The predicted octanol–water partition coefficient (Wildman–Crippen LogP) is 3.68. The molecule has 1 aliphatic heterocycles. The van der Waals surface area contributed by atoms with E-state index < -0.39 is 0 Å². The molecule has 1 heterocycles. The fourth-order valence-corrected chi connectivity index (χ4v) is 2.47. The summed E-state index contributed by atoms with van der Waals surface area (Å²) in [5.41, 5.74) is 6.38. The number of aliphatic imine (C=N–C) groups is 1. The summed E-state index contributed by atoms with van der Waals surface area (Å²) in [7, 11) is 0. The smallest absolute Gasteiger partial charge is 0.275 e. The molecule has 0 saturated carbocycles. The van der Waals surface area contributed by atoms with Gasteiger partial charge in [-0.05, 0) is 44.0 Å². The number of anilines is 1. The number of benzene rings is 2. The standard InChI is InChI=1S/C17H16N2O/c1-10-7-8-14-13(9-10)16(17(20)18-14)19-15-11(2)5-4-6-12(15)3/h4-9H,1-3H3,(H,18,19,20). The van der Waals surface area contributed by atoms with Gasteiger partial charge in [-0.1, -0.05) is 29.8 Å². The van der Waals surface area contributed by atoms with E-state index in [1.54, 1.807) is 0 Å². The van der Waals surface area contributed by atoms with E-state index in [1.165, 1.54) is 0 Å². The van der Waals surface area contributed by atoms with Crippen LogP contribution in [0.4, 0.5) is 11.4 Å². The predicted molar refractivity (Wildman–Crippen MR) is 81.9 cm³/mol. The van der Waals surface area contributed by atoms with Gasteiger partial charge < -0.3 is 5.32 Å². The Bertz CT molecular complexity index is 724. The first-order valence-electron chi connectivity index (χ1n) is 6.63. The summed E-state index contributed by atoms with van der Waals surface area (Å²) in [6.07, 6.45) is 0. The summed E-state index contributed by atoms with van der Waals surface area (Å²) < 4.78 is 0. The molecule has 0 aromatic heterocycles. The minimum Gasteiger partial charge on any atom is -0.320 e. The van der Waals surface area contributed by atoms with Gasteiger partial charge in [0.1, 0.15) is 5.71 Å². The molecule has 2 aromatic carbocycles. The molecule has 0 radical (unpaired) electrons. The van der Waals surface area contributed by atoms with Gasteiger partial charge in [-0.15, -0.1) is 0 Å². The van der Waals surface area contributed by atoms with Crippen molar-refractivity contribution < 1.29 is 4.79 Å². The molecule has 1 N–H and O–H groups in total. The first kappa shape index (κ1) is 12.6. The highest BCUT2D eigenvalue weighted by Gasteiger charge is 2.26. The van der Waals surface area contributed by atoms with Crippen LogP contribution < -0.4 is 5.32 Å². The SMILES string of the molecule is Cc1ccc2c(c1)C(=Nc1c(C)cccc1C)C(=O)N2. The number of rotatable bonds is 1. The summed E-state index contributed by atoms with van der Waals surface area (Å²) in [4.78, 5) is 16.8. The fourth-order valence-electron chi connectivity index (χ4n) is 2.47. The van der Waals surface area contributed by atoms with Gasteiger partial charge in [0, 0.05) is 5.56 Å². The summed E-state index contributed by atoms with van der Waals surface area (Å²) in [6, 6.07) is 11.9. The lowest BCUT2D eigenvalue weighted by Gasteiger charge is -2.05. The number of nitrogens with one attached hydrogen (secondary N) is 1. The number of amides is 1. The van der Waals surface area contributed by atoms with E-state index in [-0.39, 0.29) is 5.91 Å². The lowest BCUT2D eigenvalue weighted by atomic mass is 10.1. The van der Waals surface area contributed by atoms with E-state index in [0.717, 1.165) is 33.6 Å². The van der Waals surface area contributed by atoms with Gasteiger partial charge in [0.2, 0.25) is 0 Å². The van der Waals surface area contributed by atoms with Gasteiger partial charge in [-0.25, -0.2) is 4.99 Å². The number of carbonyl (C=O) groups is 1. The third-order valence-electron chi connectivity index (χ3n) is 3.56. The number of carbonyl (C=O) groups excluding carboxylic acids is 1. The molecule has 1 amide bonds. The Hall–Kier alpha value is -2.42. The van der Waals surface area contributed by atoms with Crippen LogP contribution in [0.15, 0.2) is 41.4 Å². The fraction of sp³-hybridized carbons (Fsp3) is 0.176. The third-order valence-corrected chi connectivity index (χ3v) is 3.56. The highest BCUT2D eigenvalue weighted by molar-refractivity contribution is 6.54. The average Bonchev–Trinajstić information content (AvgIpc) is 2.70. The van der Waals surface area contributed by atoms with E-state index in [2.05, 4.69) is 10.3 Å². The van der Waals surface area contributed by atoms with Crippen LogP contribution in [0.3, 0.4) is 0 Å². The van der Waals surface area contributed by atoms with Gasteiger partial charge in [0.25, 0.3) is 5.91 Å². The summed E-state index contributed by atoms with van der Waals surface area (Å²) in [6.45, 7) is 6.03. The molecule has 0 saturated heterocycles. The van der Waals surface area contributed by atoms with Crippen LogP contribution in [0.2, 0.25) is 0 Å². The highest BCUT2D eigenvalue weighted by atomic mass is 16.2. The van der Waals surface area contributed by atoms with E-state index in [9.17, 15) is 4.79 Å². The monoisotopic (exact) mass is 264 g/mol. The second-order valence-corrected chi connectivity index (χ2v) is 5.20. The van der Waals surface area contributed by atoms with Gasteiger partial charge in [0.15, 0.2) is 0 Å². The number of para-hydroxylation sites is 1. The van der Waals surface area contributed by atoms with E-state index in [1.807, 2.05) is 57.2 Å². The first-order chi connectivity index (χ1) is 9.56.